The van der Waals surface area contributed by atoms with Crippen LogP contribution in [0.15, 0.2) is 55.2 Å². The Kier molecular flexibility index (Phi) is 8.82. The van der Waals surface area contributed by atoms with E-state index in [1.807, 2.05) is 57.4 Å². The highest BCUT2D eigenvalue weighted by Crippen LogP contribution is 2.26. The Balaban J connectivity index is 0.846. The van der Waals surface area contributed by atoms with Crippen LogP contribution in [0.1, 0.15) is 26.3 Å². The van der Waals surface area contributed by atoms with E-state index in [9.17, 15) is 4.79 Å². The minimum atomic E-state index is -0.541. The second-order valence-corrected chi connectivity index (χ2v) is 13.0. The topological polar surface area (TPSA) is 174 Å². The molecule has 16 heteroatoms. The molecule has 0 aliphatic carbocycles. The van der Waals surface area contributed by atoms with Crippen molar-refractivity contribution in [2.24, 2.45) is 5.92 Å². The molecule has 1 aromatic carbocycles. The highest BCUT2D eigenvalue weighted by Gasteiger charge is 2.29. The summed E-state index contributed by atoms with van der Waals surface area (Å²) in [4.78, 5) is 34.8. The summed E-state index contributed by atoms with van der Waals surface area (Å²) in [7, 11) is 0. The van der Waals surface area contributed by atoms with Crippen molar-refractivity contribution < 1.29 is 19.0 Å². The Hall–Kier alpha value is -5.22. The number of hydrogen-bond acceptors (Lipinski definition) is 13. The molecule has 2 fully saturated rings. The maximum Gasteiger partial charge on any atom is 0.412 e. The summed E-state index contributed by atoms with van der Waals surface area (Å²) in [5.74, 6) is 1.11. The zero-order chi connectivity index (χ0) is 33.1. The number of aromatic amines is 1. The Morgan fingerprint density at radius 3 is 2.60 bits per heavy atom. The summed E-state index contributed by atoms with van der Waals surface area (Å²) in [6.45, 7) is 10.8. The quantitative estimate of drug-likeness (QED) is 0.225. The van der Waals surface area contributed by atoms with Gasteiger partial charge in [-0.15, -0.1) is 5.10 Å². The van der Waals surface area contributed by atoms with Crippen molar-refractivity contribution >= 4 is 34.7 Å². The van der Waals surface area contributed by atoms with E-state index in [2.05, 4.69) is 55.6 Å². The SMILES string of the molecule is CC(C)(C)OC(=O)Nc1ccc(COCC2CN(c3cnc(N4CCO[C@H](Cn5nnc6nc(-c7cn[nH]c7)cnc65)C4)nc3)C2)cc1. The Morgan fingerprint density at radius 1 is 1.04 bits per heavy atom. The third kappa shape index (κ3) is 7.50. The lowest BCUT2D eigenvalue weighted by Gasteiger charge is -2.40. The number of anilines is 3. The Morgan fingerprint density at radius 2 is 1.85 bits per heavy atom. The van der Waals surface area contributed by atoms with E-state index in [4.69, 9.17) is 14.2 Å². The molecule has 0 radical (unpaired) electrons. The molecule has 7 rings (SSSR count). The molecular formula is C32H38N12O4. The number of nitrogens with zero attached hydrogens (tertiary/aromatic N) is 10. The molecule has 0 bridgehead atoms. The van der Waals surface area contributed by atoms with Gasteiger partial charge in [-0.25, -0.2) is 29.4 Å². The average Bonchev–Trinajstić information content (AvgIpc) is 3.73. The van der Waals surface area contributed by atoms with E-state index in [0.29, 0.717) is 74.0 Å². The summed E-state index contributed by atoms with van der Waals surface area (Å²) >= 11 is 0. The second-order valence-electron chi connectivity index (χ2n) is 13.0. The van der Waals surface area contributed by atoms with E-state index in [0.717, 1.165) is 29.9 Å². The molecule has 5 aromatic rings. The van der Waals surface area contributed by atoms with Gasteiger partial charge < -0.3 is 24.0 Å². The van der Waals surface area contributed by atoms with Gasteiger partial charge in [0.15, 0.2) is 5.65 Å². The van der Waals surface area contributed by atoms with Gasteiger partial charge in [-0.1, -0.05) is 17.3 Å². The standard InChI is InChI=1S/C32H38N12O4/c1-32(2,3)48-31(45)38-24-6-4-21(5-7-24)19-46-20-22-15-43(16-22)25-12-34-30(35-13-25)42-8-9-47-26(17-42)18-44-29-28(40-41-44)39-27(14-33-29)23-10-36-37-11-23/h4-7,10-14,22,26H,8-9,15-20H2,1-3H3,(H,36,37)(H,38,45)/t26-/m0/s1. The summed E-state index contributed by atoms with van der Waals surface area (Å²) in [5.41, 5.74) is 4.77. The molecule has 0 spiro atoms. The molecule has 4 aromatic heterocycles. The van der Waals surface area contributed by atoms with Crippen molar-refractivity contribution in [3.05, 3.63) is 60.8 Å². The maximum absolute atomic E-state index is 12.0. The maximum atomic E-state index is 12.0. The monoisotopic (exact) mass is 654 g/mol. The van der Waals surface area contributed by atoms with Crippen molar-refractivity contribution in [2.75, 3.05) is 54.5 Å². The van der Waals surface area contributed by atoms with E-state index < -0.39 is 11.7 Å². The number of nitrogens with one attached hydrogen (secondary N) is 2. The van der Waals surface area contributed by atoms with Crippen LogP contribution >= 0.6 is 0 Å². The van der Waals surface area contributed by atoms with Crippen LogP contribution in [0.25, 0.3) is 22.6 Å². The number of benzene rings is 1. The Bertz CT molecular complexity index is 1820. The molecule has 6 heterocycles. The number of fused-ring (bicyclic) bond motifs is 1. The number of hydrogen-bond donors (Lipinski definition) is 2. The minimum absolute atomic E-state index is 0.134. The van der Waals surface area contributed by atoms with Gasteiger partial charge in [0.1, 0.15) is 5.60 Å². The summed E-state index contributed by atoms with van der Waals surface area (Å²) in [5, 5.41) is 18.0. The molecule has 0 unspecified atom stereocenters. The molecule has 2 aliphatic rings. The van der Waals surface area contributed by atoms with Crippen LogP contribution in [0, 0.1) is 5.92 Å². The number of carbonyl (C=O) groups excluding carboxylic acids is 1. The number of amides is 1. The van der Waals surface area contributed by atoms with Crippen molar-refractivity contribution in [2.45, 2.75) is 45.6 Å². The van der Waals surface area contributed by atoms with E-state index in [1.165, 1.54) is 0 Å². The zero-order valence-electron chi connectivity index (χ0n) is 27.1. The predicted molar refractivity (Wildman–Crippen MR) is 176 cm³/mol. The highest BCUT2D eigenvalue weighted by atomic mass is 16.6. The van der Waals surface area contributed by atoms with Gasteiger partial charge in [-0.05, 0) is 38.5 Å². The first-order chi connectivity index (χ1) is 23.3. The van der Waals surface area contributed by atoms with Crippen LogP contribution in [0.3, 0.4) is 0 Å². The van der Waals surface area contributed by atoms with Crippen LogP contribution in [-0.4, -0.2) is 102 Å². The molecule has 1 atom stereocenters. The van der Waals surface area contributed by atoms with Crippen LogP contribution in [0.5, 0.6) is 0 Å². The van der Waals surface area contributed by atoms with E-state index in [-0.39, 0.29) is 6.10 Å². The zero-order valence-corrected chi connectivity index (χ0v) is 27.1. The Labute approximate surface area is 276 Å². The lowest BCUT2D eigenvalue weighted by atomic mass is 10.0. The molecule has 16 nitrogen and oxygen atoms in total. The smallest absolute Gasteiger partial charge is 0.412 e. The fraction of sp³-hybridized carbons (Fsp3) is 0.438. The first-order valence-electron chi connectivity index (χ1n) is 15.9. The average molecular weight is 655 g/mol. The van der Waals surface area contributed by atoms with Crippen LogP contribution in [-0.2, 0) is 27.4 Å². The van der Waals surface area contributed by atoms with Crippen LogP contribution < -0.4 is 15.1 Å². The van der Waals surface area contributed by atoms with Crippen molar-refractivity contribution in [1.82, 2.24) is 45.1 Å². The highest BCUT2D eigenvalue weighted by molar-refractivity contribution is 5.84. The van der Waals surface area contributed by atoms with Gasteiger partial charge in [-0.2, -0.15) is 5.10 Å². The van der Waals surface area contributed by atoms with Crippen LogP contribution in [0.2, 0.25) is 0 Å². The first-order valence-corrected chi connectivity index (χ1v) is 15.9. The van der Waals surface area contributed by atoms with Crippen molar-refractivity contribution in [3.63, 3.8) is 0 Å². The predicted octanol–water partition coefficient (Wildman–Crippen LogP) is 3.31. The third-order valence-electron chi connectivity index (χ3n) is 7.99. The van der Waals surface area contributed by atoms with Crippen molar-refractivity contribution in [3.8, 4) is 11.3 Å². The number of morpholine rings is 1. The van der Waals surface area contributed by atoms with Gasteiger partial charge >= 0.3 is 6.09 Å². The van der Waals surface area contributed by atoms with Gasteiger partial charge in [0.25, 0.3) is 0 Å². The normalized spacial score (nSPS) is 17.0. The number of aromatic nitrogens is 9. The molecule has 2 N–H and O–H groups in total. The first kappa shape index (κ1) is 31.4. The number of carbonyl (C=O) groups is 1. The largest absolute Gasteiger partial charge is 0.444 e. The van der Waals surface area contributed by atoms with Crippen LogP contribution in [0.4, 0.5) is 22.1 Å². The van der Waals surface area contributed by atoms with Crippen molar-refractivity contribution in [1.29, 1.82) is 0 Å². The number of rotatable bonds is 10. The molecule has 2 saturated heterocycles. The molecule has 250 valence electrons. The van der Waals surface area contributed by atoms with Gasteiger partial charge in [0, 0.05) is 49.5 Å². The fourth-order valence-corrected chi connectivity index (χ4v) is 5.59. The molecule has 1 amide bonds. The summed E-state index contributed by atoms with van der Waals surface area (Å²) in [6, 6.07) is 7.58. The van der Waals surface area contributed by atoms with Gasteiger partial charge in [0.05, 0.1) is 68.6 Å². The number of ether oxygens (including phenoxy) is 3. The van der Waals surface area contributed by atoms with Gasteiger partial charge in [0.2, 0.25) is 11.6 Å². The minimum Gasteiger partial charge on any atom is -0.444 e. The molecular weight excluding hydrogens is 616 g/mol. The number of H-pyrrole nitrogens is 1. The molecule has 48 heavy (non-hydrogen) atoms. The van der Waals surface area contributed by atoms with E-state index in [1.54, 1.807) is 23.3 Å². The summed E-state index contributed by atoms with van der Waals surface area (Å²) < 4.78 is 19.0. The third-order valence-corrected chi connectivity index (χ3v) is 7.99. The second kappa shape index (κ2) is 13.5. The lowest BCUT2D eigenvalue weighted by molar-refractivity contribution is 0.0272. The molecule has 0 saturated carbocycles. The van der Waals surface area contributed by atoms with Gasteiger partial charge in [-0.3, -0.25) is 10.4 Å². The summed E-state index contributed by atoms with van der Waals surface area (Å²) in [6.07, 6.45) is 8.31. The fourth-order valence-electron chi connectivity index (χ4n) is 5.59. The lowest BCUT2D eigenvalue weighted by Crippen LogP contribution is -2.49. The van der Waals surface area contributed by atoms with E-state index >= 15 is 0 Å². The molecule has 2 aliphatic heterocycles.